The van der Waals surface area contributed by atoms with Crippen LogP contribution in [0.4, 0.5) is 52.7 Å². The van der Waals surface area contributed by atoms with Gasteiger partial charge in [0.1, 0.15) is 0 Å². The van der Waals surface area contributed by atoms with Gasteiger partial charge in [-0.05, 0) is 135 Å². The molecule has 4 unspecified atom stereocenters. The molecule has 0 aliphatic heterocycles. The average molecular weight is 695 g/mol. The summed E-state index contributed by atoms with van der Waals surface area (Å²) in [4.78, 5) is 0. The van der Waals surface area contributed by atoms with E-state index < -0.39 is 83.2 Å². The summed E-state index contributed by atoms with van der Waals surface area (Å²) in [5.41, 5.74) is -8.57. The van der Waals surface area contributed by atoms with E-state index in [-0.39, 0.29) is 36.8 Å². The first-order chi connectivity index (χ1) is 21.8. The average Bonchev–Trinajstić information content (AvgIpc) is 3.55. The van der Waals surface area contributed by atoms with Gasteiger partial charge in [0.25, 0.3) is 0 Å². The van der Waals surface area contributed by atoms with E-state index in [0.29, 0.717) is 33.4 Å². The van der Waals surface area contributed by atoms with E-state index in [1.54, 1.807) is 12.2 Å². The van der Waals surface area contributed by atoms with Crippen molar-refractivity contribution in [2.24, 2.45) is 0 Å². The molecular weight excluding hydrogens is 660 g/mol. The van der Waals surface area contributed by atoms with Gasteiger partial charge < -0.3 is 0 Å². The van der Waals surface area contributed by atoms with Crippen LogP contribution in [0.3, 0.4) is 0 Å². The molecule has 12 heteroatoms. The van der Waals surface area contributed by atoms with Crippen LogP contribution in [0, 0.1) is 0 Å². The standard InChI is InChI=1S/C36H34F12/c1-29(33(37,38)39)11-13-31(3,35(43,44)45)27-17-23-19(7-9-21(23)15-25(27)29)5-6-20-8-10-22-16-26-28(18-24(20)22)32(4,36(46,47)48)14-12-30(26,2)34(40,41)42/h7-8,15-18H,5-6,9-14H2,1-4H3. The maximum atomic E-state index is 14.4. The van der Waals surface area contributed by atoms with Crippen molar-refractivity contribution < 1.29 is 52.7 Å². The summed E-state index contributed by atoms with van der Waals surface area (Å²) in [5, 5.41) is 0. The molecule has 0 saturated carbocycles. The molecule has 0 saturated heterocycles. The summed E-state index contributed by atoms with van der Waals surface area (Å²) in [6, 6.07) is 4.97. The molecule has 0 nitrogen and oxygen atoms in total. The molecule has 4 atom stereocenters. The molecule has 48 heavy (non-hydrogen) atoms. The Kier molecular flexibility index (Phi) is 7.50. The third-order valence-corrected chi connectivity index (χ3v) is 12.1. The minimum absolute atomic E-state index is 0.206. The minimum Gasteiger partial charge on any atom is -0.170 e. The summed E-state index contributed by atoms with van der Waals surface area (Å²) < 4.78 is 172. The number of rotatable bonds is 3. The van der Waals surface area contributed by atoms with Gasteiger partial charge in [-0.1, -0.05) is 36.4 Å². The second-order valence-corrected chi connectivity index (χ2v) is 14.8. The van der Waals surface area contributed by atoms with Crippen LogP contribution in [0.25, 0.3) is 11.1 Å². The van der Waals surface area contributed by atoms with Crippen molar-refractivity contribution in [1.82, 2.24) is 0 Å². The van der Waals surface area contributed by atoms with E-state index in [2.05, 4.69) is 0 Å². The van der Waals surface area contributed by atoms with Crippen LogP contribution in [0.1, 0.15) is 111 Å². The molecule has 0 aromatic heterocycles. The zero-order valence-corrected chi connectivity index (χ0v) is 26.7. The molecule has 2 aromatic rings. The third-order valence-electron chi connectivity index (χ3n) is 12.1. The van der Waals surface area contributed by atoms with Gasteiger partial charge in [-0.15, -0.1) is 0 Å². The first-order valence-corrected chi connectivity index (χ1v) is 15.8. The fourth-order valence-electron chi connectivity index (χ4n) is 8.20. The molecule has 0 amide bonds. The van der Waals surface area contributed by atoms with Crippen LogP contribution < -0.4 is 0 Å². The van der Waals surface area contributed by atoms with Crippen molar-refractivity contribution in [3.63, 3.8) is 0 Å². The highest BCUT2D eigenvalue weighted by atomic mass is 19.4. The lowest BCUT2D eigenvalue weighted by Gasteiger charge is -2.46. The molecule has 0 bridgehead atoms. The van der Waals surface area contributed by atoms with Gasteiger partial charge in [-0.2, -0.15) is 52.7 Å². The predicted molar refractivity (Wildman–Crippen MR) is 158 cm³/mol. The van der Waals surface area contributed by atoms with Gasteiger partial charge in [-0.3, -0.25) is 0 Å². The van der Waals surface area contributed by atoms with Crippen LogP contribution in [0.2, 0.25) is 0 Å². The van der Waals surface area contributed by atoms with E-state index in [9.17, 15) is 52.7 Å². The number of alkyl halides is 12. The summed E-state index contributed by atoms with van der Waals surface area (Å²) in [7, 11) is 0. The zero-order chi connectivity index (χ0) is 35.7. The van der Waals surface area contributed by atoms with Crippen molar-refractivity contribution in [2.45, 2.75) is 125 Å². The Labute approximate surface area is 270 Å². The Morgan fingerprint density at radius 2 is 0.688 bits per heavy atom. The molecule has 4 aliphatic carbocycles. The number of fused-ring (bicyclic) bond motifs is 4. The number of allylic oxidation sites excluding steroid dienone is 4. The van der Waals surface area contributed by atoms with Crippen molar-refractivity contribution in [1.29, 1.82) is 0 Å². The predicted octanol–water partition coefficient (Wildman–Crippen LogP) is 11.9. The molecule has 6 rings (SSSR count). The van der Waals surface area contributed by atoms with Crippen molar-refractivity contribution in [2.75, 3.05) is 0 Å². The smallest absolute Gasteiger partial charge is 0.170 e. The lowest BCUT2D eigenvalue weighted by Crippen LogP contribution is -2.51. The fourth-order valence-corrected chi connectivity index (χ4v) is 8.20. The normalized spacial score (nSPS) is 30.3. The number of benzene rings is 2. The number of hydrogen-bond donors (Lipinski definition) is 0. The fraction of sp³-hybridized carbons (Fsp3) is 0.556. The van der Waals surface area contributed by atoms with Crippen molar-refractivity contribution in [3.05, 3.63) is 80.9 Å². The van der Waals surface area contributed by atoms with Gasteiger partial charge in [0.15, 0.2) is 0 Å². The highest BCUT2D eigenvalue weighted by molar-refractivity contribution is 5.79. The number of hydrogen-bond acceptors (Lipinski definition) is 0. The Morgan fingerprint density at radius 1 is 0.438 bits per heavy atom. The Balaban J connectivity index is 1.35. The summed E-state index contributed by atoms with van der Waals surface area (Å²) in [6.45, 7) is 3.71. The van der Waals surface area contributed by atoms with E-state index in [1.165, 1.54) is 24.3 Å². The molecular formula is C36H34F12. The van der Waals surface area contributed by atoms with Crippen LogP contribution in [0.15, 0.2) is 36.4 Å². The first kappa shape index (κ1) is 34.9. The maximum Gasteiger partial charge on any atom is 0.398 e. The molecule has 262 valence electrons. The molecule has 0 radical (unpaired) electrons. The third kappa shape index (κ3) is 4.80. The SMILES string of the molecule is CC1(C(F)(F)F)CCC(C)(C(F)(F)F)c2cc3c(cc21)CC=C3CCC1=CCc2cc3c(cc21)C(C)(C(F)(F)F)CCC3(C)C(F)(F)F. The Bertz CT molecular complexity index is 1610. The van der Waals surface area contributed by atoms with E-state index >= 15 is 0 Å². The van der Waals surface area contributed by atoms with Gasteiger partial charge >= 0.3 is 24.7 Å². The second kappa shape index (κ2) is 10.3. The van der Waals surface area contributed by atoms with E-state index in [1.807, 2.05) is 0 Å². The summed E-state index contributed by atoms with van der Waals surface area (Å²) in [5.74, 6) is 0. The van der Waals surface area contributed by atoms with Crippen LogP contribution in [0.5, 0.6) is 0 Å². The van der Waals surface area contributed by atoms with Crippen molar-refractivity contribution in [3.8, 4) is 0 Å². The monoisotopic (exact) mass is 694 g/mol. The lowest BCUT2D eigenvalue weighted by molar-refractivity contribution is -0.214. The highest BCUT2D eigenvalue weighted by Gasteiger charge is 2.64. The first-order valence-electron chi connectivity index (χ1n) is 15.8. The largest absolute Gasteiger partial charge is 0.398 e. The van der Waals surface area contributed by atoms with Gasteiger partial charge in [0.05, 0.1) is 21.7 Å². The highest BCUT2D eigenvalue weighted by Crippen LogP contribution is 2.60. The quantitative estimate of drug-likeness (QED) is 0.281. The van der Waals surface area contributed by atoms with Crippen LogP contribution in [-0.2, 0) is 34.5 Å². The summed E-state index contributed by atoms with van der Waals surface area (Å²) >= 11 is 0. The van der Waals surface area contributed by atoms with E-state index in [0.717, 1.165) is 27.7 Å². The molecule has 0 N–H and O–H groups in total. The Morgan fingerprint density at radius 3 is 0.938 bits per heavy atom. The van der Waals surface area contributed by atoms with Gasteiger partial charge in [0.2, 0.25) is 0 Å². The van der Waals surface area contributed by atoms with Crippen LogP contribution >= 0.6 is 0 Å². The molecule has 0 spiro atoms. The molecule has 0 fully saturated rings. The molecule has 0 heterocycles. The Hall–Kier alpha value is -2.92. The zero-order valence-electron chi connectivity index (χ0n) is 26.7. The second-order valence-electron chi connectivity index (χ2n) is 14.8. The molecule has 4 aliphatic rings. The van der Waals surface area contributed by atoms with Gasteiger partial charge in [0, 0.05) is 0 Å². The maximum absolute atomic E-state index is 14.4. The van der Waals surface area contributed by atoms with Crippen LogP contribution in [-0.4, -0.2) is 24.7 Å². The van der Waals surface area contributed by atoms with E-state index in [4.69, 9.17) is 0 Å². The topological polar surface area (TPSA) is 0 Å². The molecule has 2 aromatic carbocycles. The van der Waals surface area contributed by atoms with Gasteiger partial charge in [-0.25, -0.2) is 0 Å². The summed E-state index contributed by atoms with van der Waals surface area (Å²) in [6.07, 6.45) is -17.7. The lowest BCUT2D eigenvalue weighted by atomic mass is 9.60. The van der Waals surface area contributed by atoms with Crippen molar-refractivity contribution >= 4 is 11.1 Å². The number of halogens is 12. The minimum atomic E-state index is -4.81.